The fourth-order valence-corrected chi connectivity index (χ4v) is 5.43. The van der Waals surface area contributed by atoms with Crippen molar-refractivity contribution in [1.29, 1.82) is 0 Å². The zero-order valence-corrected chi connectivity index (χ0v) is 20.8. The minimum atomic E-state index is -4.09. The van der Waals surface area contributed by atoms with Gasteiger partial charge in [-0.3, -0.25) is 4.68 Å². The van der Waals surface area contributed by atoms with Crippen LogP contribution in [0.15, 0.2) is 60.0 Å². The van der Waals surface area contributed by atoms with E-state index in [4.69, 9.17) is 16.3 Å². The highest BCUT2D eigenvalue weighted by molar-refractivity contribution is 7.90. The van der Waals surface area contributed by atoms with E-state index in [1.165, 1.54) is 36.3 Å². The monoisotopic (exact) mass is 527 g/mol. The van der Waals surface area contributed by atoms with Gasteiger partial charge in [0.05, 0.1) is 24.4 Å². The maximum Gasteiger partial charge on any atom is 0.268 e. The van der Waals surface area contributed by atoms with Crippen molar-refractivity contribution in [2.24, 2.45) is 7.05 Å². The number of ether oxygens (including phenoxy) is 1. The second kappa shape index (κ2) is 8.88. The molecule has 0 saturated heterocycles. The molecule has 0 aliphatic rings. The van der Waals surface area contributed by atoms with Crippen LogP contribution in [0.4, 0.5) is 16.0 Å². The van der Waals surface area contributed by atoms with E-state index in [-0.39, 0.29) is 32.8 Å². The summed E-state index contributed by atoms with van der Waals surface area (Å²) in [6, 6.07) is 7.92. The largest absolute Gasteiger partial charge is 0.478 e. The molecule has 0 fully saturated rings. The summed E-state index contributed by atoms with van der Waals surface area (Å²) in [5, 5.41) is 7.40. The lowest BCUT2D eigenvalue weighted by Gasteiger charge is -2.08. The minimum Gasteiger partial charge on any atom is -0.478 e. The Morgan fingerprint density at radius 2 is 1.86 bits per heavy atom. The molecule has 5 rings (SSSR count). The van der Waals surface area contributed by atoms with E-state index >= 15 is 4.39 Å². The van der Waals surface area contributed by atoms with Crippen molar-refractivity contribution in [3.05, 3.63) is 71.7 Å². The second-order valence-corrected chi connectivity index (χ2v) is 10.1. The Hall–Kier alpha value is -4.03. The number of hydrogen-bond acceptors (Lipinski definition) is 8. The molecule has 4 aromatic heterocycles. The molecule has 5 aromatic rings. The molecule has 1 N–H and O–H groups in total. The number of halogens is 2. The summed E-state index contributed by atoms with van der Waals surface area (Å²) in [5.41, 5.74) is 1.55. The maximum absolute atomic E-state index is 15.0. The van der Waals surface area contributed by atoms with Crippen LogP contribution in [0.25, 0.3) is 22.2 Å². The predicted molar refractivity (Wildman–Crippen MR) is 133 cm³/mol. The van der Waals surface area contributed by atoms with Crippen LogP contribution >= 0.6 is 11.6 Å². The number of benzene rings is 1. The SMILES string of the molecule is COc1nn(C)cc1Nc1ncc(F)c(-c2cn(S(=O)(=O)c3ccc(C)cc3)c3c(Cl)nccc23)n1. The number of pyridine rings is 1. The van der Waals surface area contributed by atoms with Gasteiger partial charge in [0.15, 0.2) is 11.0 Å². The van der Waals surface area contributed by atoms with E-state index in [1.807, 2.05) is 6.92 Å². The average Bonchev–Trinajstić information content (AvgIpc) is 3.42. The number of hydrogen-bond donors (Lipinski definition) is 1. The lowest BCUT2D eigenvalue weighted by atomic mass is 10.1. The van der Waals surface area contributed by atoms with Crippen LogP contribution in [-0.4, -0.2) is 44.2 Å². The highest BCUT2D eigenvalue weighted by atomic mass is 35.5. The molecule has 0 amide bonds. The Kier molecular flexibility index (Phi) is 5.85. The van der Waals surface area contributed by atoms with Crippen molar-refractivity contribution < 1.29 is 17.5 Å². The molecule has 0 bridgehead atoms. The van der Waals surface area contributed by atoms with Crippen LogP contribution in [0.1, 0.15) is 5.56 Å². The number of rotatable bonds is 6. The standard InChI is InChI=1S/C23H19ClFN7O3S/c1-13-4-6-14(7-5-13)36(33,34)32-11-16(15-8-9-26-21(24)20(15)32)19-17(25)10-27-23(29-19)28-18-12-31(2)30-22(18)35-3/h4-12H,1-3H3,(H,27,28,29). The molecule has 36 heavy (non-hydrogen) atoms. The van der Waals surface area contributed by atoms with E-state index in [1.54, 1.807) is 31.4 Å². The first-order chi connectivity index (χ1) is 17.2. The molecule has 0 spiro atoms. The van der Waals surface area contributed by atoms with Gasteiger partial charge >= 0.3 is 0 Å². The second-order valence-electron chi connectivity index (χ2n) is 7.90. The van der Waals surface area contributed by atoms with Gasteiger partial charge in [-0.05, 0) is 25.1 Å². The molecule has 0 aliphatic carbocycles. The fraction of sp³-hybridized carbons (Fsp3) is 0.130. The molecule has 1 aromatic carbocycles. The van der Waals surface area contributed by atoms with Crippen LogP contribution in [0.3, 0.4) is 0 Å². The van der Waals surface area contributed by atoms with E-state index in [9.17, 15) is 8.42 Å². The van der Waals surface area contributed by atoms with Crippen LogP contribution in [0.5, 0.6) is 5.88 Å². The molecule has 13 heteroatoms. The molecular weight excluding hydrogens is 509 g/mol. The normalized spacial score (nSPS) is 11.7. The topological polar surface area (TPSA) is 117 Å². The first-order valence-corrected chi connectivity index (χ1v) is 12.4. The molecule has 0 atom stereocenters. The third-order valence-corrected chi connectivity index (χ3v) is 7.40. The van der Waals surface area contributed by atoms with Crippen LogP contribution < -0.4 is 10.1 Å². The molecule has 0 aliphatic heterocycles. The minimum absolute atomic E-state index is 0.0469. The van der Waals surface area contributed by atoms with E-state index in [2.05, 4.69) is 25.4 Å². The number of aromatic nitrogens is 6. The van der Waals surface area contributed by atoms with Crippen molar-refractivity contribution in [2.75, 3.05) is 12.4 Å². The Balaban J connectivity index is 1.68. The first kappa shape index (κ1) is 23.7. The van der Waals surface area contributed by atoms with Crippen molar-refractivity contribution in [3.8, 4) is 17.1 Å². The summed E-state index contributed by atoms with van der Waals surface area (Å²) in [6.07, 6.45) is 5.34. The Labute approximate surface area is 210 Å². The fourth-order valence-electron chi connectivity index (χ4n) is 3.75. The summed E-state index contributed by atoms with van der Waals surface area (Å²) in [7, 11) is -0.909. The van der Waals surface area contributed by atoms with Crippen molar-refractivity contribution in [3.63, 3.8) is 0 Å². The van der Waals surface area contributed by atoms with Gasteiger partial charge in [0.1, 0.15) is 16.9 Å². The Bertz CT molecular complexity index is 1720. The van der Waals surface area contributed by atoms with Crippen molar-refractivity contribution in [2.45, 2.75) is 11.8 Å². The molecular formula is C23H19ClFN7O3S. The molecule has 0 saturated carbocycles. The maximum atomic E-state index is 15.0. The highest BCUT2D eigenvalue weighted by Crippen LogP contribution is 2.36. The zero-order valence-electron chi connectivity index (χ0n) is 19.3. The van der Waals surface area contributed by atoms with Gasteiger partial charge in [0.2, 0.25) is 5.95 Å². The predicted octanol–water partition coefficient (Wildman–Crippen LogP) is 4.32. The lowest BCUT2D eigenvalue weighted by Crippen LogP contribution is -2.12. The third-order valence-electron chi connectivity index (χ3n) is 5.45. The molecule has 184 valence electrons. The van der Waals surface area contributed by atoms with Crippen molar-refractivity contribution in [1.82, 2.24) is 28.7 Å². The number of nitrogens with one attached hydrogen (secondary N) is 1. The van der Waals surface area contributed by atoms with E-state index in [0.29, 0.717) is 17.0 Å². The summed E-state index contributed by atoms with van der Waals surface area (Å²) in [6.45, 7) is 1.85. The Morgan fingerprint density at radius 1 is 1.11 bits per heavy atom. The molecule has 0 radical (unpaired) electrons. The number of methoxy groups -OCH3 is 1. The van der Waals surface area contributed by atoms with Gasteiger partial charge in [-0.1, -0.05) is 29.3 Å². The van der Waals surface area contributed by atoms with Crippen LogP contribution in [0.2, 0.25) is 5.15 Å². The summed E-state index contributed by atoms with van der Waals surface area (Å²) >= 11 is 6.34. The Morgan fingerprint density at radius 3 is 2.58 bits per heavy atom. The average molecular weight is 528 g/mol. The number of aryl methyl sites for hydroxylation is 2. The first-order valence-electron chi connectivity index (χ1n) is 10.5. The summed E-state index contributed by atoms with van der Waals surface area (Å²) < 4.78 is 49.9. The number of nitrogens with zero attached hydrogens (tertiary/aromatic N) is 6. The quantitative estimate of drug-likeness (QED) is 0.324. The van der Waals surface area contributed by atoms with Gasteiger partial charge in [-0.25, -0.2) is 31.7 Å². The number of fused-ring (bicyclic) bond motifs is 1. The van der Waals surface area contributed by atoms with Gasteiger partial charge in [-0.15, -0.1) is 5.10 Å². The molecule has 4 heterocycles. The van der Waals surface area contributed by atoms with E-state index in [0.717, 1.165) is 15.7 Å². The molecule has 10 nitrogen and oxygen atoms in total. The third kappa shape index (κ3) is 4.03. The van der Waals surface area contributed by atoms with Crippen LogP contribution in [-0.2, 0) is 17.1 Å². The zero-order chi connectivity index (χ0) is 25.6. The smallest absolute Gasteiger partial charge is 0.268 e. The highest BCUT2D eigenvalue weighted by Gasteiger charge is 2.26. The lowest BCUT2D eigenvalue weighted by molar-refractivity contribution is 0.393. The summed E-state index contributed by atoms with van der Waals surface area (Å²) in [4.78, 5) is 12.4. The molecule has 0 unspecified atom stereocenters. The van der Waals surface area contributed by atoms with Gasteiger partial charge < -0.3 is 10.1 Å². The van der Waals surface area contributed by atoms with E-state index < -0.39 is 15.8 Å². The summed E-state index contributed by atoms with van der Waals surface area (Å²) in [5.74, 6) is -0.399. The number of anilines is 2. The van der Waals surface area contributed by atoms with Gasteiger partial charge in [0, 0.05) is 30.4 Å². The van der Waals surface area contributed by atoms with Crippen molar-refractivity contribution >= 4 is 44.2 Å². The van der Waals surface area contributed by atoms with Crippen LogP contribution in [0, 0.1) is 12.7 Å². The van der Waals surface area contributed by atoms with Gasteiger partial charge in [-0.2, -0.15) is 0 Å². The van der Waals surface area contributed by atoms with Gasteiger partial charge in [0.25, 0.3) is 15.9 Å².